The van der Waals surface area contributed by atoms with Crippen molar-refractivity contribution in [3.8, 4) is 5.75 Å². The van der Waals surface area contributed by atoms with Gasteiger partial charge in [-0.1, -0.05) is 39.7 Å². The van der Waals surface area contributed by atoms with E-state index in [0.717, 1.165) is 59.9 Å². The average molecular weight is 495 g/mol. The van der Waals surface area contributed by atoms with Crippen LogP contribution in [0.25, 0.3) is 0 Å². The van der Waals surface area contributed by atoms with Crippen molar-refractivity contribution in [1.82, 2.24) is 0 Å². The first-order valence-corrected chi connectivity index (χ1v) is 12.9. The summed E-state index contributed by atoms with van der Waals surface area (Å²) >= 11 is 3.56. The summed E-state index contributed by atoms with van der Waals surface area (Å²) in [7, 11) is -3.70. The van der Waals surface area contributed by atoms with Gasteiger partial charge in [0.1, 0.15) is 5.75 Å². The number of hydrogen-bond acceptors (Lipinski definition) is 4. The molecule has 30 heavy (non-hydrogen) atoms. The molecule has 0 bridgehead atoms. The lowest BCUT2D eigenvalue weighted by Gasteiger charge is -2.30. The topological polar surface area (TPSA) is 52.6 Å². The lowest BCUT2D eigenvalue weighted by molar-refractivity contribution is 0.120. The molecule has 0 heterocycles. The fourth-order valence-corrected chi connectivity index (χ4v) is 5.39. The maximum absolute atomic E-state index is 12.4. The molecular weight excluding hydrogens is 464 g/mol. The third-order valence-electron chi connectivity index (χ3n) is 5.89. The number of hydrogen-bond donors (Lipinski definition) is 0. The van der Waals surface area contributed by atoms with Crippen molar-refractivity contribution in [2.24, 2.45) is 5.92 Å². The van der Waals surface area contributed by atoms with Crippen molar-refractivity contribution in [3.05, 3.63) is 58.1 Å². The predicted octanol–water partition coefficient (Wildman–Crippen LogP) is 6.58. The van der Waals surface area contributed by atoms with E-state index in [1.165, 1.54) is 0 Å². The van der Waals surface area contributed by atoms with Crippen LogP contribution in [0.4, 0.5) is 0 Å². The van der Waals surface area contributed by atoms with E-state index >= 15 is 0 Å². The Labute approximate surface area is 189 Å². The Bertz CT molecular complexity index is 932. The van der Waals surface area contributed by atoms with Crippen molar-refractivity contribution >= 4 is 26.0 Å². The summed E-state index contributed by atoms with van der Waals surface area (Å²) in [4.78, 5) is 0.223. The van der Waals surface area contributed by atoms with Gasteiger partial charge in [0.15, 0.2) is 0 Å². The Hall–Kier alpha value is -1.37. The molecule has 164 valence electrons. The van der Waals surface area contributed by atoms with Gasteiger partial charge in [-0.25, -0.2) is 0 Å². The molecule has 0 radical (unpaired) electrons. The second kappa shape index (κ2) is 10.3. The number of benzene rings is 2. The van der Waals surface area contributed by atoms with Crippen molar-refractivity contribution in [3.63, 3.8) is 0 Å². The van der Waals surface area contributed by atoms with Crippen LogP contribution in [0.3, 0.4) is 0 Å². The minimum atomic E-state index is -3.70. The molecule has 0 saturated heterocycles. The van der Waals surface area contributed by atoms with Gasteiger partial charge in [0.05, 0.1) is 17.1 Å². The summed E-state index contributed by atoms with van der Waals surface area (Å²) in [5.41, 5.74) is 2.16. The molecule has 1 atom stereocenters. The summed E-state index contributed by atoms with van der Waals surface area (Å²) in [5, 5.41) is 0. The van der Waals surface area contributed by atoms with Gasteiger partial charge in [-0.05, 0) is 89.5 Å². The maximum atomic E-state index is 12.4. The maximum Gasteiger partial charge on any atom is 0.297 e. The number of ether oxygens (including phenoxy) is 1. The first-order valence-electron chi connectivity index (χ1n) is 10.7. The summed E-state index contributed by atoms with van der Waals surface area (Å²) < 4.78 is 37.6. The second-order valence-corrected chi connectivity index (χ2v) is 10.8. The van der Waals surface area contributed by atoms with Crippen LogP contribution in [-0.4, -0.2) is 20.6 Å². The van der Waals surface area contributed by atoms with Crippen LogP contribution in [0.5, 0.6) is 5.75 Å². The SMILES string of the molecule is Cc1ccc(S(=O)(=O)O[C@@H](C)CCC2CCC(Oc3cccc(Br)c3C)CC2)cc1. The minimum absolute atomic E-state index is 0.223. The van der Waals surface area contributed by atoms with Crippen LogP contribution in [0, 0.1) is 19.8 Å². The number of rotatable bonds is 8. The fourth-order valence-electron chi connectivity index (χ4n) is 3.93. The van der Waals surface area contributed by atoms with Crippen LogP contribution < -0.4 is 4.74 Å². The highest BCUT2D eigenvalue weighted by Gasteiger charge is 2.25. The molecule has 0 aliphatic heterocycles. The smallest absolute Gasteiger partial charge is 0.297 e. The van der Waals surface area contributed by atoms with Gasteiger partial charge >= 0.3 is 0 Å². The predicted molar refractivity (Wildman–Crippen MR) is 123 cm³/mol. The molecule has 1 aliphatic rings. The molecule has 0 spiro atoms. The zero-order valence-electron chi connectivity index (χ0n) is 17.9. The Morgan fingerprint density at radius 2 is 1.70 bits per heavy atom. The lowest BCUT2D eigenvalue weighted by atomic mass is 9.84. The zero-order chi connectivity index (χ0) is 21.7. The molecule has 4 nitrogen and oxygen atoms in total. The van der Waals surface area contributed by atoms with Crippen molar-refractivity contribution < 1.29 is 17.3 Å². The van der Waals surface area contributed by atoms with Gasteiger partial charge in [0.2, 0.25) is 0 Å². The van der Waals surface area contributed by atoms with E-state index < -0.39 is 10.1 Å². The molecule has 3 rings (SSSR count). The molecule has 0 aromatic heterocycles. The Morgan fingerprint density at radius 1 is 1.03 bits per heavy atom. The van der Waals surface area contributed by atoms with E-state index in [2.05, 4.69) is 22.9 Å². The third-order valence-corrected chi connectivity index (χ3v) is 8.18. The Balaban J connectivity index is 1.43. The zero-order valence-corrected chi connectivity index (χ0v) is 20.3. The fraction of sp³-hybridized carbons (Fsp3) is 0.500. The van der Waals surface area contributed by atoms with E-state index in [1.54, 1.807) is 24.3 Å². The van der Waals surface area contributed by atoms with Gasteiger partial charge in [-0.3, -0.25) is 4.18 Å². The molecule has 0 unspecified atom stereocenters. The van der Waals surface area contributed by atoms with E-state index in [-0.39, 0.29) is 17.1 Å². The summed E-state index contributed by atoms with van der Waals surface area (Å²) in [5.74, 6) is 1.55. The highest BCUT2D eigenvalue weighted by molar-refractivity contribution is 9.10. The highest BCUT2D eigenvalue weighted by atomic mass is 79.9. The molecule has 1 fully saturated rings. The summed E-state index contributed by atoms with van der Waals surface area (Å²) in [6.07, 6.45) is 5.93. The third kappa shape index (κ3) is 6.32. The highest BCUT2D eigenvalue weighted by Crippen LogP contribution is 2.33. The van der Waals surface area contributed by atoms with E-state index in [0.29, 0.717) is 5.92 Å². The van der Waals surface area contributed by atoms with Crippen molar-refractivity contribution in [2.75, 3.05) is 0 Å². The minimum Gasteiger partial charge on any atom is -0.490 e. The summed E-state index contributed by atoms with van der Waals surface area (Å²) in [6.45, 7) is 5.84. The first kappa shape index (κ1) is 23.3. The monoisotopic (exact) mass is 494 g/mol. The molecule has 2 aromatic carbocycles. The Morgan fingerprint density at radius 3 is 2.37 bits per heavy atom. The number of aryl methyl sites for hydroxylation is 1. The van der Waals surface area contributed by atoms with Crippen LogP contribution in [-0.2, 0) is 14.3 Å². The number of halogens is 1. The van der Waals surface area contributed by atoms with E-state index in [9.17, 15) is 8.42 Å². The average Bonchev–Trinajstić information content (AvgIpc) is 2.71. The van der Waals surface area contributed by atoms with Crippen molar-refractivity contribution in [2.45, 2.75) is 76.4 Å². The largest absolute Gasteiger partial charge is 0.490 e. The van der Waals surface area contributed by atoms with E-state index in [1.807, 2.05) is 32.0 Å². The molecule has 6 heteroatoms. The second-order valence-electron chi connectivity index (χ2n) is 8.37. The molecule has 1 saturated carbocycles. The van der Waals surface area contributed by atoms with Crippen LogP contribution in [0.1, 0.15) is 56.6 Å². The van der Waals surface area contributed by atoms with Gasteiger partial charge < -0.3 is 4.74 Å². The lowest BCUT2D eigenvalue weighted by Crippen LogP contribution is -2.25. The first-order chi connectivity index (χ1) is 14.2. The van der Waals surface area contributed by atoms with Gasteiger partial charge in [0, 0.05) is 10.0 Å². The van der Waals surface area contributed by atoms with Crippen molar-refractivity contribution in [1.29, 1.82) is 0 Å². The molecule has 2 aromatic rings. The standard InChI is InChI=1S/C24H31BrO4S/c1-17-7-15-22(16-8-17)30(26,27)29-18(2)9-10-20-11-13-21(14-12-20)28-24-6-4-5-23(25)19(24)3/h4-8,15-16,18,20-21H,9-14H2,1-3H3/t18-,20?,21?/m0/s1. The molecule has 1 aliphatic carbocycles. The van der Waals surface area contributed by atoms with Crippen LogP contribution in [0.15, 0.2) is 51.8 Å². The van der Waals surface area contributed by atoms with Crippen LogP contribution in [0.2, 0.25) is 0 Å². The van der Waals surface area contributed by atoms with Crippen LogP contribution >= 0.6 is 15.9 Å². The molecule has 0 N–H and O–H groups in total. The van der Waals surface area contributed by atoms with Gasteiger partial charge in [-0.15, -0.1) is 0 Å². The Kier molecular flexibility index (Phi) is 7.99. The molecular formula is C24H31BrO4S. The molecule has 0 amide bonds. The normalized spacial score (nSPS) is 20.7. The van der Waals surface area contributed by atoms with E-state index in [4.69, 9.17) is 8.92 Å². The van der Waals surface area contributed by atoms with Gasteiger partial charge in [0.25, 0.3) is 10.1 Å². The quantitative estimate of drug-likeness (QED) is 0.389. The summed E-state index contributed by atoms with van der Waals surface area (Å²) in [6, 6.07) is 12.8. The van der Waals surface area contributed by atoms with Gasteiger partial charge in [-0.2, -0.15) is 8.42 Å².